The SMILES string of the molecule is Cc1ccc(S(=O)(=O)n2c3c(c4cc(C)ccc42)CN(C2CCNCC2)CC3)cc1. The van der Waals surface area contributed by atoms with E-state index >= 15 is 0 Å². The molecule has 0 aliphatic carbocycles. The third-order valence-corrected chi connectivity index (χ3v) is 8.44. The first-order valence-electron chi connectivity index (χ1n) is 10.8. The van der Waals surface area contributed by atoms with Gasteiger partial charge in [-0.25, -0.2) is 12.4 Å². The van der Waals surface area contributed by atoms with E-state index in [1.807, 2.05) is 31.2 Å². The van der Waals surface area contributed by atoms with Crippen molar-refractivity contribution in [3.05, 3.63) is 64.8 Å². The average Bonchev–Trinajstić information content (AvgIpc) is 3.08. The molecule has 5 rings (SSSR count). The number of aryl methyl sites for hydroxylation is 2. The fraction of sp³-hybridized carbons (Fsp3) is 0.417. The van der Waals surface area contributed by atoms with Gasteiger partial charge in [0.1, 0.15) is 0 Å². The topological polar surface area (TPSA) is 54.3 Å². The number of fused-ring (bicyclic) bond motifs is 3. The predicted molar refractivity (Wildman–Crippen MR) is 120 cm³/mol. The Morgan fingerprint density at radius 1 is 0.967 bits per heavy atom. The Morgan fingerprint density at radius 3 is 2.40 bits per heavy atom. The maximum absolute atomic E-state index is 13.7. The Morgan fingerprint density at radius 2 is 1.67 bits per heavy atom. The molecule has 1 fully saturated rings. The lowest BCUT2D eigenvalue weighted by Gasteiger charge is -2.37. The lowest BCUT2D eigenvalue weighted by atomic mass is 9.98. The number of nitrogens with one attached hydrogen (secondary N) is 1. The molecule has 1 saturated heterocycles. The van der Waals surface area contributed by atoms with Crippen molar-refractivity contribution in [3.8, 4) is 0 Å². The highest BCUT2D eigenvalue weighted by atomic mass is 32.2. The van der Waals surface area contributed by atoms with Crippen LogP contribution in [0.3, 0.4) is 0 Å². The predicted octanol–water partition coefficient (Wildman–Crippen LogP) is 3.61. The molecule has 30 heavy (non-hydrogen) atoms. The van der Waals surface area contributed by atoms with Crippen molar-refractivity contribution in [1.29, 1.82) is 0 Å². The molecule has 0 saturated carbocycles. The number of nitrogens with zero attached hydrogens (tertiary/aromatic N) is 2. The number of benzene rings is 2. The zero-order valence-electron chi connectivity index (χ0n) is 17.7. The quantitative estimate of drug-likeness (QED) is 0.699. The van der Waals surface area contributed by atoms with Gasteiger partial charge in [-0.3, -0.25) is 4.90 Å². The molecule has 2 aromatic carbocycles. The molecule has 5 nitrogen and oxygen atoms in total. The van der Waals surface area contributed by atoms with E-state index in [0.29, 0.717) is 10.9 Å². The maximum atomic E-state index is 13.7. The van der Waals surface area contributed by atoms with Crippen molar-refractivity contribution in [2.45, 2.75) is 50.6 Å². The van der Waals surface area contributed by atoms with Crippen LogP contribution in [0.1, 0.15) is 35.2 Å². The highest BCUT2D eigenvalue weighted by Crippen LogP contribution is 2.35. The van der Waals surface area contributed by atoms with E-state index < -0.39 is 10.0 Å². The van der Waals surface area contributed by atoms with Gasteiger partial charge in [0.15, 0.2) is 0 Å². The fourth-order valence-corrected chi connectivity index (χ4v) is 6.63. The van der Waals surface area contributed by atoms with Gasteiger partial charge >= 0.3 is 0 Å². The van der Waals surface area contributed by atoms with Crippen molar-refractivity contribution in [3.63, 3.8) is 0 Å². The van der Waals surface area contributed by atoms with Crippen LogP contribution >= 0.6 is 0 Å². The molecule has 0 spiro atoms. The van der Waals surface area contributed by atoms with Crippen LogP contribution in [0.4, 0.5) is 0 Å². The van der Waals surface area contributed by atoms with Crippen LogP contribution in [0.25, 0.3) is 10.9 Å². The summed E-state index contributed by atoms with van der Waals surface area (Å²) in [5.41, 5.74) is 5.17. The Hall–Kier alpha value is -2.15. The lowest BCUT2D eigenvalue weighted by Crippen LogP contribution is -2.45. The zero-order valence-corrected chi connectivity index (χ0v) is 18.5. The molecule has 0 radical (unpaired) electrons. The molecule has 2 aliphatic rings. The molecule has 1 N–H and O–H groups in total. The van der Waals surface area contributed by atoms with Gasteiger partial charge in [-0.15, -0.1) is 0 Å². The van der Waals surface area contributed by atoms with Crippen molar-refractivity contribution in [1.82, 2.24) is 14.2 Å². The summed E-state index contributed by atoms with van der Waals surface area (Å²) in [7, 11) is -3.65. The van der Waals surface area contributed by atoms with Crippen molar-refractivity contribution < 1.29 is 8.42 Å². The standard InChI is InChI=1S/C24H29N3O2S/c1-17-3-6-20(7-4-17)30(28,29)27-23-8-5-18(2)15-21(23)22-16-26(14-11-24(22)27)19-9-12-25-13-10-19/h3-8,15,19,25H,9-14,16H2,1-2H3. The van der Waals surface area contributed by atoms with Gasteiger partial charge < -0.3 is 5.32 Å². The van der Waals surface area contributed by atoms with Crippen molar-refractivity contribution >= 4 is 20.9 Å². The number of hydrogen-bond donors (Lipinski definition) is 1. The summed E-state index contributed by atoms with van der Waals surface area (Å²) in [6.07, 6.45) is 3.08. The highest BCUT2D eigenvalue weighted by molar-refractivity contribution is 7.90. The van der Waals surface area contributed by atoms with Gasteiger partial charge in [-0.2, -0.15) is 0 Å². The number of piperidine rings is 1. The van der Waals surface area contributed by atoms with Crippen LogP contribution in [-0.4, -0.2) is 43.0 Å². The van der Waals surface area contributed by atoms with Crippen molar-refractivity contribution in [2.24, 2.45) is 0 Å². The molecule has 0 amide bonds. The Kier molecular flexibility index (Phi) is 4.96. The van der Waals surface area contributed by atoms with Gasteiger partial charge in [0.25, 0.3) is 10.0 Å². The molecular weight excluding hydrogens is 394 g/mol. The molecule has 2 aliphatic heterocycles. The first-order valence-corrected chi connectivity index (χ1v) is 12.3. The highest BCUT2D eigenvalue weighted by Gasteiger charge is 2.32. The minimum Gasteiger partial charge on any atom is -0.317 e. The van der Waals surface area contributed by atoms with Crippen LogP contribution < -0.4 is 5.32 Å². The largest absolute Gasteiger partial charge is 0.317 e. The third-order valence-electron chi connectivity index (χ3n) is 6.67. The molecular formula is C24H29N3O2S. The second kappa shape index (κ2) is 7.52. The van der Waals surface area contributed by atoms with E-state index in [1.54, 1.807) is 16.1 Å². The summed E-state index contributed by atoms with van der Waals surface area (Å²) in [6.45, 7) is 7.92. The first kappa shape index (κ1) is 19.8. The van der Waals surface area contributed by atoms with Crippen LogP contribution in [0.2, 0.25) is 0 Å². The maximum Gasteiger partial charge on any atom is 0.268 e. The fourth-order valence-electron chi connectivity index (χ4n) is 5.03. The molecule has 1 aromatic heterocycles. The Bertz CT molecular complexity index is 1190. The van der Waals surface area contributed by atoms with Gasteiger partial charge in [0.05, 0.1) is 10.4 Å². The van der Waals surface area contributed by atoms with Gasteiger partial charge in [0.2, 0.25) is 0 Å². The molecule has 3 aromatic rings. The van der Waals surface area contributed by atoms with E-state index in [4.69, 9.17) is 0 Å². The second-order valence-electron chi connectivity index (χ2n) is 8.73. The smallest absolute Gasteiger partial charge is 0.268 e. The minimum absolute atomic E-state index is 0.356. The van der Waals surface area contributed by atoms with Crippen LogP contribution in [0.5, 0.6) is 0 Å². The van der Waals surface area contributed by atoms with E-state index in [1.165, 1.54) is 5.56 Å². The summed E-state index contributed by atoms with van der Waals surface area (Å²) in [6, 6.07) is 13.9. The summed E-state index contributed by atoms with van der Waals surface area (Å²) in [5, 5.41) is 4.53. The molecule has 0 unspecified atom stereocenters. The zero-order chi connectivity index (χ0) is 20.9. The lowest BCUT2D eigenvalue weighted by molar-refractivity contribution is 0.147. The van der Waals surface area contributed by atoms with E-state index in [-0.39, 0.29) is 0 Å². The average molecular weight is 424 g/mol. The van der Waals surface area contributed by atoms with Crippen LogP contribution in [0.15, 0.2) is 47.4 Å². The summed E-state index contributed by atoms with van der Waals surface area (Å²) >= 11 is 0. The summed E-state index contributed by atoms with van der Waals surface area (Å²) < 4.78 is 29.0. The molecule has 0 bridgehead atoms. The summed E-state index contributed by atoms with van der Waals surface area (Å²) in [4.78, 5) is 2.92. The number of rotatable bonds is 3. The minimum atomic E-state index is -3.65. The summed E-state index contributed by atoms with van der Waals surface area (Å²) in [5.74, 6) is 0. The second-order valence-corrected chi connectivity index (χ2v) is 10.5. The van der Waals surface area contributed by atoms with E-state index in [2.05, 4.69) is 23.2 Å². The van der Waals surface area contributed by atoms with Gasteiger partial charge in [-0.1, -0.05) is 29.3 Å². The number of aromatic nitrogens is 1. The number of hydrogen-bond acceptors (Lipinski definition) is 4. The third kappa shape index (κ3) is 3.27. The molecule has 158 valence electrons. The molecule has 0 atom stereocenters. The first-order chi connectivity index (χ1) is 14.4. The van der Waals surface area contributed by atoms with E-state index in [9.17, 15) is 8.42 Å². The molecule has 3 heterocycles. The van der Waals surface area contributed by atoms with Crippen LogP contribution in [-0.2, 0) is 23.0 Å². The molecule has 6 heteroatoms. The van der Waals surface area contributed by atoms with Gasteiger partial charge in [0, 0.05) is 36.6 Å². The van der Waals surface area contributed by atoms with E-state index in [0.717, 1.165) is 73.2 Å². The Labute approximate surface area is 178 Å². The normalized spacial score (nSPS) is 18.6. The van der Waals surface area contributed by atoms with Crippen LogP contribution in [0, 0.1) is 13.8 Å². The van der Waals surface area contributed by atoms with Gasteiger partial charge in [-0.05, 0) is 69.6 Å². The van der Waals surface area contributed by atoms with Crippen molar-refractivity contribution in [2.75, 3.05) is 19.6 Å². The Balaban J connectivity index is 1.65. The monoisotopic (exact) mass is 423 g/mol.